The number of rotatable bonds is 5. The zero-order valence-corrected chi connectivity index (χ0v) is 9.99. The van der Waals surface area contributed by atoms with Gasteiger partial charge in [-0.05, 0) is 19.5 Å². The van der Waals surface area contributed by atoms with E-state index in [1.165, 1.54) is 0 Å². The molecule has 0 aliphatic carbocycles. The van der Waals surface area contributed by atoms with E-state index < -0.39 is 11.4 Å². The molecule has 0 aliphatic rings. The molecular formula is C12H17N3O2. The van der Waals surface area contributed by atoms with E-state index in [9.17, 15) is 9.59 Å². The van der Waals surface area contributed by atoms with E-state index >= 15 is 0 Å². The number of amides is 2. The fourth-order valence-electron chi connectivity index (χ4n) is 1.53. The number of primary amides is 1. The topological polar surface area (TPSA) is 84.2 Å². The molecule has 0 fully saturated rings. The lowest BCUT2D eigenvalue weighted by atomic mass is 9.91. The number of hydrogen-bond donors (Lipinski definition) is 3. The normalized spacial score (nSPS) is 13.8. The molecule has 5 nitrogen and oxygen atoms in total. The van der Waals surface area contributed by atoms with Crippen molar-refractivity contribution in [1.82, 2.24) is 10.6 Å². The van der Waals surface area contributed by atoms with Gasteiger partial charge in [0.25, 0.3) is 0 Å². The highest BCUT2D eigenvalue weighted by Gasteiger charge is 2.34. The van der Waals surface area contributed by atoms with Crippen LogP contribution in [0, 0.1) is 0 Å². The first-order chi connectivity index (χ1) is 8.00. The standard InChI is InChI=1S/C12H17N3O2/c1-12(11(13)17,15-10(16)8-14-2)9-6-4-3-5-7-9/h3-7,14H,8H2,1-2H3,(H2,13,17)(H,15,16). The quantitative estimate of drug-likeness (QED) is 0.656. The smallest absolute Gasteiger partial charge is 0.247 e. The number of nitrogens with two attached hydrogens (primary N) is 1. The molecule has 5 heteroatoms. The predicted molar refractivity (Wildman–Crippen MR) is 65.1 cm³/mol. The van der Waals surface area contributed by atoms with Gasteiger partial charge in [-0.25, -0.2) is 0 Å². The zero-order chi connectivity index (χ0) is 12.9. The van der Waals surface area contributed by atoms with E-state index in [1.807, 2.05) is 6.07 Å². The minimum Gasteiger partial charge on any atom is -0.367 e. The van der Waals surface area contributed by atoms with Crippen molar-refractivity contribution in [3.05, 3.63) is 35.9 Å². The Morgan fingerprint density at radius 1 is 1.29 bits per heavy atom. The van der Waals surface area contributed by atoms with Gasteiger partial charge in [0, 0.05) is 0 Å². The molecule has 1 aromatic rings. The highest BCUT2D eigenvalue weighted by molar-refractivity contribution is 5.91. The van der Waals surface area contributed by atoms with Crippen molar-refractivity contribution in [2.75, 3.05) is 13.6 Å². The lowest BCUT2D eigenvalue weighted by Crippen LogP contribution is -2.54. The summed E-state index contributed by atoms with van der Waals surface area (Å²) in [7, 11) is 1.66. The number of carbonyl (C=O) groups is 2. The van der Waals surface area contributed by atoms with Gasteiger partial charge in [0.2, 0.25) is 11.8 Å². The first-order valence-electron chi connectivity index (χ1n) is 5.31. The third-order valence-corrected chi connectivity index (χ3v) is 2.57. The molecule has 0 saturated heterocycles. The number of benzene rings is 1. The van der Waals surface area contributed by atoms with Crippen LogP contribution in [0.25, 0.3) is 0 Å². The molecule has 1 atom stereocenters. The summed E-state index contributed by atoms with van der Waals surface area (Å²) < 4.78 is 0. The summed E-state index contributed by atoms with van der Waals surface area (Å²) in [5.41, 5.74) is 4.85. The second kappa shape index (κ2) is 5.45. The SMILES string of the molecule is CNCC(=O)NC(C)(C(N)=O)c1ccccc1. The van der Waals surface area contributed by atoms with Crippen molar-refractivity contribution in [3.8, 4) is 0 Å². The fraction of sp³-hybridized carbons (Fsp3) is 0.333. The molecule has 0 saturated carbocycles. The van der Waals surface area contributed by atoms with Crippen molar-refractivity contribution in [1.29, 1.82) is 0 Å². The molecule has 1 unspecified atom stereocenters. The van der Waals surface area contributed by atoms with Crippen LogP contribution in [0.15, 0.2) is 30.3 Å². The average molecular weight is 235 g/mol. The molecule has 0 radical (unpaired) electrons. The van der Waals surface area contributed by atoms with E-state index in [1.54, 1.807) is 38.2 Å². The van der Waals surface area contributed by atoms with E-state index in [0.717, 1.165) is 0 Å². The van der Waals surface area contributed by atoms with Gasteiger partial charge in [-0.1, -0.05) is 30.3 Å². The largest absolute Gasteiger partial charge is 0.367 e. The average Bonchev–Trinajstić information content (AvgIpc) is 2.30. The molecule has 0 aromatic heterocycles. The van der Waals surface area contributed by atoms with Gasteiger partial charge in [0.1, 0.15) is 5.54 Å². The Balaban J connectivity index is 2.99. The van der Waals surface area contributed by atoms with Crippen LogP contribution < -0.4 is 16.4 Å². The van der Waals surface area contributed by atoms with Crippen LogP contribution in [-0.2, 0) is 15.1 Å². The second-order valence-corrected chi connectivity index (χ2v) is 3.93. The van der Waals surface area contributed by atoms with Gasteiger partial charge in [0.05, 0.1) is 6.54 Å². The summed E-state index contributed by atoms with van der Waals surface area (Å²) in [6, 6.07) is 8.93. The van der Waals surface area contributed by atoms with Crippen LogP contribution in [0.4, 0.5) is 0 Å². The van der Waals surface area contributed by atoms with Crippen molar-refractivity contribution in [3.63, 3.8) is 0 Å². The van der Waals surface area contributed by atoms with Crippen LogP contribution in [0.5, 0.6) is 0 Å². The molecule has 1 rings (SSSR count). The molecule has 17 heavy (non-hydrogen) atoms. The summed E-state index contributed by atoms with van der Waals surface area (Å²) in [6.07, 6.45) is 0. The van der Waals surface area contributed by atoms with Crippen molar-refractivity contribution >= 4 is 11.8 Å². The first-order valence-corrected chi connectivity index (χ1v) is 5.31. The lowest BCUT2D eigenvalue weighted by Gasteiger charge is -2.28. The van der Waals surface area contributed by atoms with Gasteiger partial charge in [-0.15, -0.1) is 0 Å². The van der Waals surface area contributed by atoms with Gasteiger partial charge in [-0.2, -0.15) is 0 Å². The molecule has 0 heterocycles. The monoisotopic (exact) mass is 235 g/mol. The molecule has 4 N–H and O–H groups in total. The van der Waals surface area contributed by atoms with Crippen LogP contribution in [0.2, 0.25) is 0 Å². The summed E-state index contributed by atoms with van der Waals surface area (Å²) in [5.74, 6) is -0.870. The summed E-state index contributed by atoms with van der Waals surface area (Å²) in [6.45, 7) is 1.73. The van der Waals surface area contributed by atoms with Crippen molar-refractivity contribution < 1.29 is 9.59 Å². The Morgan fingerprint density at radius 2 is 1.88 bits per heavy atom. The summed E-state index contributed by atoms with van der Waals surface area (Å²) in [4.78, 5) is 23.1. The summed E-state index contributed by atoms with van der Waals surface area (Å²) >= 11 is 0. The molecular weight excluding hydrogens is 218 g/mol. The van der Waals surface area contributed by atoms with Gasteiger partial charge < -0.3 is 16.4 Å². The van der Waals surface area contributed by atoms with Crippen molar-refractivity contribution in [2.45, 2.75) is 12.5 Å². The van der Waals surface area contributed by atoms with E-state index in [0.29, 0.717) is 5.56 Å². The molecule has 1 aromatic carbocycles. The van der Waals surface area contributed by atoms with E-state index in [4.69, 9.17) is 5.73 Å². The van der Waals surface area contributed by atoms with Crippen molar-refractivity contribution in [2.24, 2.45) is 5.73 Å². The minimum atomic E-state index is -1.19. The molecule has 0 aliphatic heterocycles. The maximum absolute atomic E-state index is 11.6. The first kappa shape index (κ1) is 13.2. The maximum atomic E-state index is 11.6. The highest BCUT2D eigenvalue weighted by Crippen LogP contribution is 2.19. The second-order valence-electron chi connectivity index (χ2n) is 3.93. The van der Waals surface area contributed by atoms with E-state index in [2.05, 4.69) is 10.6 Å². The third kappa shape index (κ3) is 3.04. The zero-order valence-electron chi connectivity index (χ0n) is 9.99. The molecule has 0 spiro atoms. The fourth-order valence-corrected chi connectivity index (χ4v) is 1.53. The number of hydrogen-bond acceptors (Lipinski definition) is 3. The Bertz CT molecular complexity index is 405. The molecule has 92 valence electrons. The van der Waals surface area contributed by atoms with Gasteiger partial charge in [0.15, 0.2) is 0 Å². The maximum Gasteiger partial charge on any atom is 0.247 e. The highest BCUT2D eigenvalue weighted by atomic mass is 16.2. The Hall–Kier alpha value is -1.88. The minimum absolute atomic E-state index is 0.135. The third-order valence-electron chi connectivity index (χ3n) is 2.57. The predicted octanol–water partition coefficient (Wildman–Crippen LogP) is -0.277. The Kier molecular flexibility index (Phi) is 4.23. The Morgan fingerprint density at radius 3 is 2.35 bits per heavy atom. The molecule has 2 amide bonds. The van der Waals surface area contributed by atoms with E-state index in [-0.39, 0.29) is 12.5 Å². The molecule has 0 bridgehead atoms. The van der Waals surface area contributed by atoms with Gasteiger partial charge >= 0.3 is 0 Å². The van der Waals surface area contributed by atoms with Crippen LogP contribution in [0.3, 0.4) is 0 Å². The Labute approximate surface area is 100 Å². The van der Waals surface area contributed by atoms with Crippen LogP contribution in [-0.4, -0.2) is 25.4 Å². The van der Waals surface area contributed by atoms with Gasteiger partial charge in [-0.3, -0.25) is 9.59 Å². The number of likely N-dealkylation sites (N-methyl/N-ethyl adjacent to an activating group) is 1. The number of nitrogens with one attached hydrogen (secondary N) is 2. The lowest BCUT2D eigenvalue weighted by molar-refractivity contribution is -0.130. The van der Waals surface area contributed by atoms with Crippen LogP contribution in [0.1, 0.15) is 12.5 Å². The van der Waals surface area contributed by atoms with Crippen LogP contribution >= 0.6 is 0 Å². The number of carbonyl (C=O) groups excluding carboxylic acids is 2. The summed E-state index contributed by atoms with van der Waals surface area (Å²) in [5, 5.41) is 5.35.